The van der Waals surface area contributed by atoms with Crippen LogP contribution in [0.4, 0.5) is 0 Å². The number of ether oxygens (including phenoxy) is 2. The van der Waals surface area contributed by atoms with Crippen molar-refractivity contribution in [2.75, 3.05) is 6.61 Å². The maximum atomic E-state index is 9.49. The molecule has 4 heteroatoms. The van der Waals surface area contributed by atoms with E-state index >= 15 is 0 Å². The van der Waals surface area contributed by atoms with E-state index in [9.17, 15) is 5.11 Å². The molecular weight excluding hydrogens is 240 g/mol. The number of rotatable bonds is 6. The zero-order chi connectivity index (χ0) is 12.8. The number of unbranched alkanes of at least 4 members (excludes halogenated alkanes) is 1. The average Bonchev–Trinajstić information content (AvgIpc) is 2.23. The van der Waals surface area contributed by atoms with Crippen molar-refractivity contribution in [3.8, 4) is 17.2 Å². The summed E-state index contributed by atoms with van der Waals surface area (Å²) >= 11 is 6.03. The van der Waals surface area contributed by atoms with Gasteiger partial charge in [-0.2, -0.15) is 0 Å². The van der Waals surface area contributed by atoms with Crippen LogP contribution in [0.1, 0.15) is 33.6 Å². The molecule has 0 atom stereocenters. The van der Waals surface area contributed by atoms with E-state index in [-0.39, 0.29) is 11.9 Å². The molecule has 0 heterocycles. The topological polar surface area (TPSA) is 38.7 Å². The second-order valence-electron chi connectivity index (χ2n) is 4.12. The number of hydrogen-bond donors (Lipinski definition) is 1. The molecule has 0 spiro atoms. The summed E-state index contributed by atoms with van der Waals surface area (Å²) in [6.07, 6.45) is 2.01. The van der Waals surface area contributed by atoms with Crippen LogP contribution in [-0.4, -0.2) is 17.8 Å². The molecule has 0 aliphatic carbocycles. The van der Waals surface area contributed by atoms with Gasteiger partial charge in [-0.15, -0.1) is 0 Å². The molecule has 0 aromatic heterocycles. The summed E-state index contributed by atoms with van der Waals surface area (Å²) in [6, 6.07) is 2.98. The number of phenols is 1. The molecule has 0 aliphatic heterocycles. The Morgan fingerprint density at radius 3 is 2.65 bits per heavy atom. The molecule has 1 rings (SSSR count). The van der Waals surface area contributed by atoms with Crippen LogP contribution in [0.15, 0.2) is 12.1 Å². The Morgan fingerprint density at radius 1 is 1.35 bits per heavy atom. The van der Waals surface area contributed by atoms with Crippen LogP contribution in [0.3, 0.4) is 0 Å². The highest BCUT2D eigenvalue weighted by atomic mass is 35.5. The molecule has 0 unspecified atom stereocenters. The van der Waals surface area contributed by atoms with E-state index in [1.807, 2.05) is 13.8 Å². The maximum Gasteiger partial charge on any atom is 0.180 e. The molecule has 0 aliphatic rings. The molecular formula is C13H19ClO3. The maximum absolute atomic E-state index is 9.49. The summed E-state index contributed by atoms with van der Waals surface area (Å²) in [6.45, 7) is 6.51. The van der Waals surface area contributed by atoms with Crippen LogP contribution in [0.5, 0.6) is 17.2 Å². The normalized spacial score (nSPS) is 10.6. The minimum Gasteiger partial charge on any atom is -0.508 e. The fourth-order valence-electron chi connectivity index (χ4n) is 1.34. The van der Waals surface area contributed by atoms with E-state index in [0.29, 0.717) is 23.1 Å². The van der Waals surface area contributed by atoms with Gasteiger partial charge in [-0.25, -0.2) is 0 Å². The molecule has 1 N–H and O–H groups in total. The SMILES string of the molecule is CCCCOc1cc(O)cc(Cl)c1OC(C)C. The second-order valence-corrected chi connectivity index (χ2v) is 4.53. The monoisotopic (exact) mass is 258 g/mol. The highest BCUT2D eigenvalue weighted by Gasteiger charge is 2.13. The van der Waals surface area contributed by atoms with E-state index in [0.717, 1.165) is 12.8 Å². The summed E-state index contributed by atoms with van der Waals surface area (Å²) in [5.74, 6) is 1.07. The van der Waals surface area contributed by atoms with Crippen molar-refractivity contribution in [2.45, 2.75) is 39.7 Å². The van der Waals surface area contributed by atoms with E-state index in [4.69, 9.17) is 21.1 Å². The summed E-state index contributed by atoms with van der Waals surface area (Å²) in [4.78, 5) is 0. The van der Waals surface area contributed by atoms with Gasteiger partial charge >= 0.3 is 0 Å². The molecule has 1 aromatic carbocycles. The first-order valence-corrected chi connectivity index (χ1v) is 6.24. The molecule has 0 bridgehead atoms. The minimum atomic E-state index is 0.00516. The van der Waals surface area contributed by atoms with Crippen LogP contribution < -0.4 is 9.47 Å². The lowest BCUT2D eigenvalue weighted by atomic mass is 10.3. The van der Waals surface area contributed by atoms with Crippen molar-refractivity contribution < 1.29 is 14.6 Å². The van der Waals surface area contributed by atoms with Crippen molar-refractivity contribution in [3.05, 3.63) is 17.2 Å². The van der Waals surface area contributed by atoms with Crippen LogP contribution in [0.2, 0.25) is 5.02 Å². The Morgan fingerprint density at radius 2 is 2.06 bits per heavy atom. The fraction of sp³-hybridized carbons (Fsp3) is 0.538. The number of hydrogen-bond acceptors (Lipinski definition) is 3. The predicted octanol–water partition coefficient (Wildman–Crippen LogP) is 4.01. The van der Waals surface area contributed by atoms with Gasteiger partial charge in [0, 0.05) is 12.1 Å². The Balaban J connectivity index is 2.90. The number of halogens is 1. The minimum absolute atomic E-state index is 0.00516. The molecule has 0 saturated carbocycles. The molecule has 0 radical (unpaired) electrons. The number of aromatic hydroxyl groups is 1. The Labute approximate surface area is 107 Å². The van der Waals surface area contributed by atoms with Crippen molar-refractivity contribution >= 4 is 11.6 Å². The van der Waals surface area contributed by atoms with Gasteiger partial charge < -0.3 is 14.6 Å². The van der Waals surface area contributed by atoms with Gasteiger partial charge in [0.05, 0.1) is 17.7 Å². The second kappa shape index (κ2) is 6.60. The van der Waals surface area contributed by atoms with E-state index in [1.165, 1.54) is 12.1 Å². The summed E-state index contributed by atoms with van der Waals surface area (Å²) in [5, 5.41) is 9.85. The average molecular weight is 259 g/mol. The Hall–Kier alpha value is -1.09. The zero-order valence-electron chi connectivity index (χ0n) is 10.5. The first kappa shape index (κ1) is 14.0. The quantitative estimate of drug-likeness (QED) is 0.784. The number of benzene rings is 1. The Bertz CT molecular complexity index is 364. The third-order valence-corrected chi connectivity index (χ3v) is 2.38. The van der Waals surface area contributed by atoms with Crippen LogP contribution in [-0.2, 0) is 0 Å². The zero-order valence-corrected chi connectivity index (χ0v) is 11.3. The van der Waals surface area contributed by atoms with Gasteiger partial charge in [0.15, 0.2) is 11.5 Å². The molecule has 96 valence electrons. The van der Waals surface area contributed by atoms with E-state index < -0.39 is 0 Å². The smallest absolute Gasteiger partial charge is 0.180 e. The van der Waals surface area contributed by atoms with Crippen molar-refractivity contribution in [3.63, 3.8) is 0 Å². The summed E-state index contributed by atoms with van der Waals surface area (Å²) in [5.41, 5.74) is 0. The van der Waals surface area contributed by atoms with Crippen molar-refractivity contribution in [2.24, 2.45) is 0 Å². The standard InChI is InChI=1S/C13H19ClO3/c1-4-5-6-16-12-8-10(15)7-11(14)13(12)17-9(2)3/h7-9,15H,4-6H2,1-3H3. The lowest BCUT2D eigenvalue weighted by Crippen LogP contribution is -2.08. The van der Waals surface area contributed by atoms with Gasteiger partial charge in [0.1, 0.15) is 5.75 Å². The summed E-state index contributed by atoms with van der Waals surface area (Å²) < 4.78 is 11.2. The van der Waals surface area contributed by atoms with Crippen molar-refractivity contribution in [1.82, 2.24) is 0 Å². The molecule has 17 heavy (non-hydrogen) atoms. The van der Waals surface area contributed by atoms with Crippen molar-refractivity contribution in [1.29, 1.82) is 0 Å². The molecule has 0 fully saturated rings. The predicted molar refractivity (Wildman–Crippen MR) is 69.3 cm³/mol. The van der Waals surface area contributed by atoms with Gasteiger partial charge in [-0.3, -0.25) is 0 Å². The fourth-order valence-corrected chi connectivity index (χ4v) is 1.59. The highest BCUT2D eigenvalue weighted by Crippen LogP contribution is 2.39. The summed E-state index contributed by atoms with van der Waals surface area (Å²) in [7, 11) is 0. The largest absolute Gasteiger partial charge is 0.508 e. The molecule has 0 saturated heterocycles. The first-order chi connectivity index (χ1) is 8.04. The molecule has 0 amide bonds. The first-order valence-electron chi connectivity index (χ1n) is 5.86. The molecule has 1 aromatic rings. The Kier molecular flexibility index (Phi) is 5.42. The molecule has 3 nitrogen and oxygen atoms in total. The third kappa shape index (κ3) is 4.35. The van der Waals surface area contributed by atoms with Gasteiger partial charge in [-0.05, 0) is 20.3 Å². The van der Waals surface area contributed by atoms with Crippen LogP contribution >= 0.6 is 11.6 Å². The number of phenolic OH excluding ortho intramolecular Hbond substituents is 1. The highest BCUT2D eigenvalue weighted by molar-refractivity contribution is 6.32. The van der Waals surface area contributed by atoms with Crippen LogP contribution in [0, 0.1) is 0 Å². The van der Waals surface area contributed by atoms with Gasteiger partial charge in [0.2, 0.25) is 0 Å². The van der Waals surface area contributed by atoms with Crippen LogP contribution in [0.25, 0.3) is 0 Å². The lowest BCUT2D eigenvalue weighted by molar-refractivity contribution is 0.219. The lowest BCUT2D eigenvalue weighted by Gasteiger charge is -2.16. The van der Waals surface area contributed by atoms with Gasteiger partial charge in [-0.1, -0.05) is 24.9 Å². The van der Waals surface area contributed by atoms with E-state index in [1.54, 1.807) is 0 Å². The third-order valence-electron chi connectivity index (χ3n) is 2.10. The van der Waals surface area contributed by atoms with Gasteiger partial charge in [0.25, 0.3) is 0 Å². The van der Waals surface area contributed by atoms with E-state index in [2.05, 4.69) is 6.92 Å².